The molecule has 2 aromatic rings. The maximum atomic E-state index is 12.5. The van der Waals surface area contributed by atoms with Crippen molar-refractivity contribution in [3.63, 3.8) is 0 Å². The molecule has 19 heavy (non-hydrogen) atoms. The molecule has 102 valence electrons. The maximum absolute atomic E-state index is 12.5. The molecule has 1 unspecified atom stereocenters. The Bertz CT molecular complexity index is 817. The van der Waals surface area contributed by atoms with Gasteiger partial charge in [0, 0.05) is 4.88 Å². The van der Waals surface area contributed by atoms with E-state index < -0.39 is 9.84 Å². The van der Waals surface area contributed by atoms with Crippen molar-refractivity contribution in [3.8, 4) is 0 Å². The van der Waals surface area contributed by atoms with Gasteiger partial charge in [0.25, 0.3) is 5.56 Å². The minimum absolute atomic E-state index is 0.0439. The summed E-state index contributed by atoms with van der Waals surface area (Å²) in [5.41, 5.74) is 0.835. The number of sulfone groups is 1. The first kappa shape index (κ1) is 12.8. The third-order valence-corrected chi connectivity index (χ3v) is 6.58. The summed E-state index contributed by atoms with van der Waals surface area (Å²) >= 11 is 1.50. The van der Waals surface area contributed by atoms with E-state index in [1.807, 2.05) is 13.8 Å². The lowest BCUT2D eigenvalue weighted by molar-refractivity contribution is 0.534. The average molecular weight is 298 g/mol. The zero-order valence-corrected chi connectivity index (χ0v) is 12.3. The fourth-order valence-electron chi connectivity index (χ4n) is 2.50. The number of hydrogen-bond acceptors (Lipinski definition) is 5. The lowest BCUT2D eigenvalue weighted by Crippen LogP contribution is -2.25. The summed E-state index contributed by atoms with van der Waals surface area (Å²) in [5, 5.41) is 0.634. The van der Waals surface area contributed by atoms with Gasteiger partial charge in [0.15, 0.2) is 9.84 Å². The van der Waals surface area contributed by atoms with E-state index in [0.29, 0.717) is 11.8 Å². The van der Waals surface area contributed by atoms with Crippen LogP contribution in [-0.2, 0) is 9.84 Å². The maximum Gasteiger partial charge on any atom is 0.262 e. The zero-order valence-electron chi connectivity index (χ0n) is 10.7. The van der Waals surface area contributed by atoms with Gasteiger partial charge in [-0.3, -0.25) is 9.36 Å². The highest BCUT2D eigenvalue weighted by Crippen LogP contribution is 2.27. The Hall–Kier alpha value is -1.21. The van der Waals surface area contributed by atoms with Crippen molar-refractivity contribution in [1.82, 2.24) is 9.55 Å². The largest absolute Gasteiger partial charge is 0.294 e. The number of aryl methyl sites for hydroxylation is 2. The van der Waals surface area contributed by atoms with Gasteiger partial charge in [-0.2, -0.15) is 0 Å². The third kappa shape index (κ3) is 2.01. The van der Waals surface area contributed by atoms with Crippen LogP contribution in [0.1, 0.15) is 22.9 Å². The van der Waals surface area contributed by atoms with Crippen LogP contribution in [0.5, 0.6) is 0 Å². The molecule has 1 aliphatic rings. The molecule has 1 atom stereocenters. The van der Waals surface area contributed by atoms with E-state index in [1.165, 1.54) is 22.2 Å². The second-order valence-corrected chi connectivity index (χ2v) is 8.41. The van der Waals surface area contributed by atoms with E-state index in [-0.39, 0.29) is 23.1 Å². The molecule has 0 aliphatic carbocycles. The van der Waals surface area contributed by atoms with Gasteiger partial charge in [-0.05, 0) is 25.8 Å². The van der Waals surface area contributed by atoms with Crippen molar-refractivity contribution in [3.05, 3.63) is 27.1 Å². The van der Waals surface area contributed by atoms with Crippen LogP contribution in [0.15, 0.2) is 11.1 Å². The number of nitrogens with zero attached hydrogens (tertiary/aromatic N) is 2. The fraction of sp³-hybridized carbons (Fsp3) is 0.500. The van der Waals surface area contributed by atoms with E-state index in [4.69, 9.17) is 0 Å². The third-order valence-electron chi connectivity index (χ3n) is 3.72. The molecule has 3 rings (SSSR count). The number of aromatic nitrogens is 2. The Labute approximate surface area is 114 Å². The smallest absolute Gasteiger partial charge is 0.262 e. The molecule has 0 N–H and O–H groups in total. The molecule has 3 heterocycles. The quantitative estimate of drug-likeness (QED) is 0.798. The van der Waals surface area contributed by atoms with E-state index in [9.17, 15) is 13.2 Å². The summed E-state index contributed by atoms with van der Waals surface area (Å²) in [6.45, 7) is 3.87. The molecular formula is C12H14N2O3S2. The van der Waals surface area contributed by atoms with Gasteiger partial charge in [-0.15, -0.1) is 11.3 Å². The lowest BCUT2D eigenvalue weighted by Gasteiger charge is -2.11. The predicted octanol–water partition coefficient (Wildman–Crippen LogP) is 1.43. The molecule has 0 aromatic carbocycles. The van der Waals surface area contributed by atoms with Crippen LogP contribution in [0.25, 0.3) is 10.2 Å². The van der Waals surface area contributed by atoms with Crippen LogP contribution in [0.4, 0.5) is 0 Å². The SMILES string of the molecule is Cc1sc2ncn(C3CCS(=O)(=O)C3)c(=O)c2c1C. The van der Waals surface area contributed by atoms with Crippen molar-refractivity contribution in [2.45, 2.75) is 26.3 Å². The van der Waals surface area contributed by atoms with Crippen molar-refractivity contribution < 1.29 is 8.42 Å². The minimum atomic E-state index is -3.00. The highest BCUT2D eigenvalue weighted by Gasteiger charge is 2.30. The van der Waals surface area contributed by atoms with Crippen LogP contribution in [0, 0.1) is 13.8 Å². The van der Waals surface area contributed by atoms with Gasteiger partial charge in [0.2, 0.25) is 0 Å². The highest BCUT2D eigenvalue weighted by molar-refractivity contribution is 7.91. The predicted molar refractivity (Wildman–Crippen MR) is 75.7 cm³/mol. The Kier molecular flexibility index (Phi) is 2.79. The van der Waals surface area contributed by atoms with Gasteiger partial charge in [-0.1, -0.05) is 0 Å². The lowest BCUT2D eigenvalue weighted by atomic mass is 10.2. The minimum Gasteiger partial charge on any atom is -0.294 e. The molecule has 0 bridgehead atoms. The summed E-state index contributed by atoms with van der Waals surface area (Å²) in [5.74, 6) is 0.200. The average Bonchev–Trinajstić information content (AvgIpc) is 2.82. The Morgan fingerprint density at radius 1 is 1.42 bits per heavy atom. The molecule has 0 amide bonds. The second kappa shape index (κ2) is 4.14. The molecule has 0 spiro atoms. The van der Waals surface area contributed by atoms with Crippen LogP contribution in [0.3, 0.4) is 0 Å². The van der Waals surface area contributed by atoms with Gasteiger partial charge in [0.1, 0.15) is 4.83 Å². The Balaban J connectivity index is 2.19. The molecule has 0 saturated carbocycles. The van der Waals surface area contributed by atoms with Crippen LogP contribution in [0.2, 0.25) is 0 Å². The monoisotopic (exact) mass is 298 g/mol. The van der Waals surface area contributed by atoms with E-state index >= 15 is 0 Å². The fourth-order valence-corrected chi connectivity index (χ4v) is 5.20. The molecule has 1 aliphatic heterocycles. The highest BCUT2D eigenvalue weighted by atomic mass is 32.2. The standard InChI is InChI=1S/C12H14N2O3S2/c1-7-8(2)18-11-10(7)12(15)14(6-13-11)9-3-4-19(16,17)5-9/h6,9H,3-5H2,1-2H3. The molecule has 5 nitrogen and oxygen atoms in total. The van der Waals surface area contributed by atoms with Crippen molar-refractivity contribution in [2.75, 3.05) is 11.5 Å². The molecule has 7 heteroatoms. The number of rotatable bonds is 1. The zero-order chi connectivity index (χ0) is 13.8. The van der Waals surface area contributed by atoms with E-state index in [0.717, 1.165) is 15.3 Å². The van der Waals surface area contributed by atoms with Gasteiger partial charge in [-0.25, -0.2) is 13.4 Å². The van der Waals surface area contributed by atoms with Crippen LogP contribution in [-0.4, -0.2) is 29.5 Å². The molecule has 1 fully saturated rings. The molecule has 2 aromatic heterocycles. The Morgan fingerprint density at radius 2 is 2.16 bits per heavy atom. The molecule has 1 saturated heterocycles. The topological polar surface area (TPSA) is 69.0 Å². The van der Waals surface area contributed by atoms with Crippen molar-refractivity contribution >= 4 is 31.4 Å². The van der Waals surface area contributed by atoms with Crippen molar-refractivity contribution in [1.29, 1.82) is 0 Å². The summed E-state index contributed by atoms with van der Waals surface area (Å²) < 4.78 is 24.5. The van der Waals surface area contributed by atoms with E-state index in [2.05, 4.69) is 4.98 Å². The van der Waals surface area contributed by atoms with Crippen LogP contribution >= 0.6 is 11.3 Å². The first-order valence-corrected chi connectivity index (χ1v) is 8.70. The second-order valence-electron chi connectivity index (χ2n) is 4.98. The Morgan fingerprint density at radius 3 is 2.79 bits per heavy atom. The summed E-state index contributed by atoms with van der Waals surface area (Å²) in [4.78, 5) is 18.6. The van der Waals surface area contributed by atoms with Gasteiger partial charge in [0.05, 0.1) is 29.3 Å². The van der Waals surface area contributed by atoms with E-state index in [1.54, 1.807) is 0 Å². The van der Waals surface area contributed by atoms with Gasteiger partial charge < -0.3 is 0 Å². The number of thiophene rings is 1. The first-order valence-electron chi connectivity index (χ1n) is 6.06. The number of fused-ring (bicyclic) bond motifs is 1. The van der Waals surface area contributed by atoms with Crippen LogP contribution < -0.4 is 5.56 Å². The summed E-state index contributed by atoms with van der Waals surface area (Å²) in [7, 11) is -3.00. The van der Waals surface area contributed by atoms with Crippen molar-refractivity contribution in [2.24, 2.45) is 0 Å². The first-order chi connectivity index (χ1) is 8.89. The molecular weight excluding hydrogens is 284 g/mol. The molecule has 0 radical (unpaired) electrons. The summed E-state index contributed by atoms with van der Waals surface area (Å²) in [6, 6.07) is -0.269. The van der Waals surface area contributed by atoms with Gasteiger partial charge >= 0.3 is 0 Å². The summed E-state index contributed by atoms with van der Waals surface area (Å²) in [6.07, 6.45) is 1.99. The normalized spacial score (nSPS) is 22.1. The number of hydrogen-bond donors (Lipinski definition) is 0.